The van der Waals surface area contributed by atoms with Gasteiger partial charge in [0, 0.05) is 35.8 Å². The number of halogens is 6. The third kappa shape index (κ3) is 6.63. The van der Waals surface area contributed by atoms with Crippen molar-refractivity contribution in [2.75, 3.05) is 7.11 Å². The van der Waals surface area contributed by atoms with E-state index >= 15 is 0 Å². The largest absolute Gasteiger partial charge is 0.496 e. The van der Waals surface area contributed by atoms with Gasteiger partial charge in [0.05, 0.1) is 18.2 Å². The zero-order valence-electron chi connectivity index (χ0n) is 23.8. The Morgan fingerprint density at radius 3 is 2.17 bits per heavy atom. The Morgan fingerprint density at radius 2 is 1.63 bits per heavy atom. The number of hydrogen-bond acceptors (Lipinski definition) is 3. The third-order valence-corrected chi connectivity index (χ3v) is 8.18. The fourth-order valence-corrected chi connectivity index (χ4v) is 5.82. The molecule has 3 nitrogen and oxygen atoms in total. The molecule has 2 unspecified atom stereocenters. The Hall–Kier alpha value is -2.88. The molecule has 0 radical (unpaired) electrons. The summed E-state index contributed by atoms with van der Waals surface area (Å²) < 4.78 is 94.3. The SMILES string of the molecule is COc1ccc(C(C)C)cc1C1=C(C=[N+]2C(=S)OC(c3cc(C(F)(F)F)cc(C(F)(F)F)c3)C2C)CC(C)(C)CC1. The van der Waals surface area contributed by atoms with Crippen LogP contribution < -0.4 is 4.74 Å². The van der Waals surface area contributed by atoms with Gasteiger partial charge in [-0.1, -0.05) is 33.8 Å². The summed E-state index contributed by atoms with van der Waals surface area (Å²) >= 11 is 5.47. The van der Waals surface area contributed by atoms with Crippen molar-refractivity contribution in [1.82, 2.24) is 0 Å². The maximum atomic E-state index is 13.5. The molecule has 1 aliphatic heterocycles. The molecular formula is C31H34F6NO2S+. The van der Waals surface area contributed by atoms with E-state index in [2.05, 4.69) is 33.8 Å². The summed E-state index contributed by atoms with van der Waals surface area (Å²) in [5.41, 5.74) is 1.11. The van der Waals surface area contributed by atoms with Gasteiger partial charge in [-0.3, -0.25) is 0 Å². The molecule has 10 heteroatoms. The summed E-state index contributed by atoms with van der Waals surface area (Å²) in [5.74, 6) is 1.02. The van der Waals surface area contributed by atoms with Crippen molar-refractivity contribution in [3.8, 4) is 5.75 Å². The number of hydrogen-bond donors (Lipinski definition) is 0. The Balaban J connectivity index is 1.83. The smallest absolute Gasteiger partial charge is 0.441 e. The topological polar surface area (TPSA) is 21.5 Å². The lowest BCUT2D eigenvalue weighted by molar-refractivity contribution is -0.431. The highest BCUT2D eigenvalue weighted by atomic mass is 32.1. The number of rotatable bonds is 5. The lowest BCUT2D eigenvalue weighted by Gasteiger charge is -2.32. The van der Waals surface area contributed by atoms with Gasteiger partial charge in [0.25, 0.3) is 0 Å². The molecule has 0 saturated carbocycles. The van der Waals surface area contributed by atoms with Crippen molar-refractivity contribution < 1.29 is 40.4 Å². The van der Waals surface area contributed by atoms with Crippen molar-refractivity contribution in [3.63, 3.8) is 0 Å². The van der Waals surface area contributed by atoms with Crippen LogP contribution in [0.2, 0.25) is 0 Å². The fourth-order valence-electron chi connectivity index (χ4n) is 5.49. The van der Waals surface area contributed by atoms with Gasteiger partial charge in [-0.15, -0.1) is 4.58 Å². The monoisotopic (exact) mass is 598 g/mol. The van der Waals surface area contributed by atoms with E-state index in [-0.39, 0.29) is 22.2 Å². The third-order valence-electron chi connectivity index (χ3n) is 7.87. The molecule has 1 saturated heterocycles. The van der Waals surface area contributed by atoms with E-state index in [1.165, 1.54) is 0 Å². The highest BCUT2D eigenvalue weighted by Crippen LogP contribution is 2.45. The van der Waals surface area contributed by atoms with Crippen LogP contribution in [0.4, 0.5) is 26.3 Å². The average molecular weight is 599 g/mol. The number of nitrogens with zero attached hydrogens (tertiary/aromatic N) is 1. The van der Waals surface area contributed by atoms with Gasteiger partial charge < -0.3 is 9.47 Å². The van der Waals surface area contributed by atoms with Gasteiger partial charge in [-0.25, -0.2) is 0 Å². The molecule has 1 heterocycles. The number of benzene rings is 2. The number of methoxy groups -OCH3 is 1. The quantitative estimate of drug-likeness (QED) is 0.194. The molecule has 1 aliphatic carbocycles. The predicted octanol–water partition coefficient (Wildman–Crippen LogP) is 9.35. The summed E-state index contributed by atoms with van der Waals surface area (Å²) in [6.07, 6.45) is -6.81. The summed E-state index contributed by atoms with van der Waals surface area (Å²) in [6.45, 7) is 10.2. The van der Waals surface area contributed by atoms with Gasteiger partial charge in [-0.05, 0) is 72.1 Å². The first-order valence-electron chi connectivity index (χ1n) is 13.4. The van der Waals surface area contributed by atoms with Crippen molar-refractivity contribution in [2.45, 2.75) is 84.3 Å². The molecule has 0 amide bonds. The van der Waals surface area contributed by atoms with E-state index in [9.17, 15) is 26.3 Å². The second-order valence-electron chi connectivity index (χ2n) is 11.9. The van der Waals surface area contributed by atoms with Crippen LogP contribution in [0.25, 0.3) is 5.57 Å². The maximum Gasteiger partial charge on any atom is 0.441 e. The van der Waals surface area contributed by atoms with E-state index < -0.39 is 35.6 Å². The highest BCUT2D eigenvalue weighted by Gasteiger charge is 2.46. The summed E-state index contributed by atoms with van der Waals surface area (Å²) in [4.78, 5) is 0. The minimum atomic E-state index is -4.96. The minimum Gasteiger partial charge on any atom is -0.496 e. The second-order valence-corrected chi connectivity index (χ2v) is 12.2. The maximum absolute atomic E-state index is 13.5. The first kappa shape index (κ1) is 31.1. The fraction of sp³-hybridized carbons (Fsp3) is 0.484. The highest BCUT2D eigenvalue weighted by molar-refractivity contribution is 7.79. The normalized spacial score (nSPS) is 22.5. The van der Waals surface area contributed by atoms with Gasteiger partial charge in [-0.2, -0.15) is 26.3 Å². The van der Waals surface area contributed by atoms with Crippen molar-refractivity contribution in [1.29, 1.82) is 0 Å². The molecule has 2 aromatic carbocycles. The zero-order valence-corrected chi connectivity index (χ0v) is 24.7. The molecule has 0 bridgehead atoms. The standard InChI is InChI=1S/C31H34F6NO2S/c1-17(2)19-7-8-26(39-6)25(13-19)24-9-10-29(4,5)15-21(24)16-38-18(3)27(40-28(38)41)20-11-22(30(32,33)34)14-23(12-20)31(35,36)37/h7-8,11-14,16-18,27H,9-10,15H2,1-6H3/q+1. The first-order chi connectivity index (χ1) is 18.9. The average Bonchev–Trinajstić information content (AvgIpc) is 3.15. The minimum absolute atomic E-state index is 0.00778. The summed E-state index contributed by atoms with van der Waals surface area (Å²) in [5, 5.41) is -0.00778. The van der Waals surface area contributed by atoms with E-state index in [0.29, 0.717) is 24.5 Å². The Labute approximate surface area is 241 Å². The molecule has 1 fully saturated rings. The molecule has 2 aliphatic rings. The molecule has 0 N–H and O–H groups in total. The van der Waals surface area contributed by atoms with Crippen molar-refractivity contribution in [2.24, 2.45) is 5.41 Å². The predicted molar refractivity (Wildman–Crippen MR) is 150 cm³/mol. The molecule has 2 atom stereocenters. The number of ether oxygens (including phenoxy) is 2. The van der Waals surface area contributed by atoms with Crippen LogP contribution in [-0.2, 0) is 17.1 Å². The number of thiocarbonyl (C=S) groups is 1. The van der Waals surface area contributed by atoms with Crippen LogP contribution >= 0.6 is 12.2 Å². The van der Waals surface area contributed by atoms with Crippen LogP contribution in [0.3, 0.4) is 0 Å². The molecule has 0 spiro atoms. The van der Waals surface area contributed by atoms with Crippen molar-refractivity contribution in [3.05, 3.63) is 69.8 Å². The van der Waals surface area contributed by atoms with E-state index in [0.717, 1.165) is 40.9 Å². The van der Waals surface area contributed by atoms with Gasteiger partial charge in [0.2, 0.25) is 6.04 Å². The first-order valence-corrected chi connectivity index (χ1v) is 13.9. The van der Waals surface area contributed by atoms with Gasteiger partial charge in [0.15, 0.2) is 12.3 Å². The molecule has 4 rings (SSSR count). The summed E-state index contributed by atoms with van der Waals surface area (Å²) in [7, 11) is 1.62. The van der Waals surface area contributed by atoms with E-state index in [1.54, 1.807) is 18.6 Å². The van der Waals surface area contributed by atoms with Crippen molar-refractivity contribution >= 4 is 29.2 Å². The Bertz CT molecular complexity index is 1370. The van der Waals surface area contributed by atoms with Gasteiger partial charge >= 0.3 is 17.5 Å². The van der Waals surface area contributed by atoms with Crippen LogP contribution in [0.1, 0.15) is 93.7 Å². The van der Waals surface area contributed by atoms with Crippen LogP contribution in [0.5, 0.6) is 5.75 Å². The lowest BCUT2D eigenvalue weighted by Crippen LogP contribution is -2.27. The van der Waals surface area contributed by atoms with E-state index in [1.807, 2.05) is 18.3 Å². The van der Waals surface area contributed by atoms with E-state index in [4.69, 9.17) is 21.7 Å². The second kappa shape index (κ2) is 11.1. The van der Waals surface area contributed by atoms with Crippen LogP contribution in [-0.4, -0.2) is 29.1 Å². The molecule has 0 aromatic heterocycles. The Morgan fingerprint density at radius 1 is 1.02 bits per heavy atom. The lowest BCUT2D eigenvalue weighted by atomic mass is 9.73. The number of alkyl halides is 6. The molecule has 41 heavy (non-hydrogen) atoms. The Kier molecular flexibility index (Phi) is 8.39. The number of allylic oxidation sites excluding steroid dienone is 2. The summed E-state index contributed by atoms with van der Waals surface area (Å²) in [6, 6.07) is 6.98. The van der Waals surface area contributed by atoms with Gasteiger partial charge in [0.1, 0.15) is 5.75 Å². The van der Waals surface area contributed by atoms with Crippen LogP contribution in [0.15, 0.2) is 42.0 Å². The van der Waals surface area contributed by atoms with Crippen LogP contribution in [0, 0.1) is 5.41 Å². The molecular weight excluding hydrogens is 564 g/mol. The zero-order chi connectivity index (χ0) is 30.5. The molecule has 2 aromatic rings. The molecule has 222 valence electrons.